The molecule has 0 aliphatic carbocycles. The zero-order valence-electron chi connectivity index (χ0n) is 15.5. The molecule has 1 aliphatic heterocycles. The zero-order valence-corrected chi connectivity index (χ0v) is 17.0. The van der Waals surface area contributed by atoms with Crippen molar-refractivity contribution in [2.75, 3.05) is 38.5 Å². The van der Waals surface area contributed by atoms with E-state index in [0.717, 1.165) is 0 Å². The van der Waals surface area contributed by atoms with Crippen LogP contribution in [-0.2, 0) is 19.6 Å². The van der Waals surface area contributed by atoms with Crippen LogP contribution in [0.4, 0.5) is 5.69 Å². The standard InChI is InChI=1S/C19H20ClN3O5S/c20-16-7-6-14(12-17(16)21)19(25)28-13-18(24)22-8-10-23(11-9-22)29(26,27)15-4-2-1-3-5-15/h1-7,12H,8-11,13,21H2. The Labute approximate surface area is 173 Å². The fourth-order valence-electron chi connectivity index (χ4n) is 2.89. The minimum Gasteiger partial charge on any atom is -0.452 e. The molecule has 1 fully saturated rings. The van der Waals surface area contributed by atoms with Crippen LogP contribution in [0.5, 0.6) is 0 Å². The van der Waals surface area contributed by atoms with Crippen molar-refractivity contribution in [1.29, 1.82) is 0 Å². The van der Waals surface area contributed by atoms with Gasteiger partial charge in [-0.05, 0) is 30.3 Å². The van der Waals surface area contributed by atoms with Crippen molar-refractivity contribution in [2.24, 2.45) is 0 Å². The lowest BCUT2D eigenvalue weighted by molar-refractivity contribution is -0.135. The second kappa shape index (κ2) is 8.81. The van der Waals surface area contributed by atoms with Gasteiger partial charge in [-0.15, -0.1) is 0 Å². The smallest absolute Gasteiger partial charge is 0.338 e. The molecule has 8 nitrogen and oxygen atoms in total. The van der Waals surface area contributed by atoms with Gasteiger partial charge in [-0.2, -0.15) is 4.31 Å². The number of nitrogens with zero attached hydrogens (tertiary/aromatic N) is 2. The van der Waals surface area contributed by atoms with Crippen LogP contribution in [0.3, 0.4) is 0 Å². The van der Waals surface area contributed by atoms with Gasteiger partial charge in [-0.25, -0.2) is 13.2 Å². The van der Waals surface area contributed by atoms with E-state index in [4.69, 9.17) is 22.1 Å². The van der Waals surface area contributed by atoms with Crippen molar-refractivity contribution in [3.63, 3.8) is 0 Å². The van der Waals surface area contributed by atoms with Crippen molar-refractivity contribution in [2.45, 2.75) is 4.90 Å². The Morgan fingerprint density at radius 3 is 2.31 bits per heavy atom. The molecular weight excluding hydrogens is 418 g/mol. The van der Waals surface area contributed by atoms with Crippen molar-refractivity contribution in [3.8, 4) is 0 Å². The maximum absolute atomic E-state index is 12.6. The van der Waals surface area contributed by atoms with Gasteiger partial charge >= 0.3 is 5.97 Å². The molecule has 2 aromatic carbocycles. The molecule has 0 radical (unpaired) electrons. The van der Waals surface area contributed by atoms with E-state index >= 15 is 0 Å². The molecule has 1 amide bonds. The summed E-state index contributed by atoms with van der Waals surface area (Å²) in [6, 6.07) is 12.5. The Hall–Kier alpha value is -2.62. The lowest BCUT2D eigenvalue weighted by Gasteiger charge is -2.33. The van der Waals surface area contributed by atoms with Gasteiger partial charge in [-0.1, -0.05) is 29.8 Å². The van der Waals surface area contributed by atoms with Gasteiger partial charge in [0, 0.05) is 26.2 Å². The molecule has 0 atom stereocenters. The summed E-state index contributed by atoms with van der Waals surface area (Å²) in [4.78, 5) is 26.1. The second-order valence-corrected chi connectivity index (χ2v) is 8.76. The quantitative estimate of drug-likeness (QED) is 0.562. The molecule has 0 saturated carbocycles. The highest BCUT2D eigenvalue weighted by Gasteiger charge is 2.30. The molecule has 1 aliphatic rings. The molecule has 3 rings (SSSR count). The molecular formula is C19H20ClN3O5S. The van der Waals surface area contributed by atoms with Gasteiger partial charge < -0.3 is 15.4 Å². The van der Waals surface area contributed by atoms with Gasteiger partial charge in [0.05, 0.1) is 21.2 Å². The van der Waals surface area contributed by atoms with E-state index in [0.29, 0.717) is 5.02 Å². The maximum Gasteiger partial charge on any atom is 0.338 e. The predicted octanol–water partition coefficient (Wildman–Crippen LogP) is 1.61. The van der Waals surface area contributed by atoms with Crippen LogP contribution in [-0.4, -0.2) is 62.3 Å². The summed E-state index contributed by atoms with van der Waals surface area (Å²) in [7, 11) is -3.59. The monoisotopic (exact) mass is 437 g/mol. The van der Waals surface area contributed by atoms with Crippen LogP contribution in [0.25, 0.3) is 0 Å². The first-order valence-electron chi connectivity index (χ1n) is 8.84. The Kier molecular flexibility index (Phi) is 6.41. The number of nitrogen functional groups attached to an aromatic ring is 1. The number of carbonyl (C=O) groups is 2. The first kappa shape index (κ1) is 21.1. The van der Waals surface area contributed by atoms with Crippen molar-refractivity contribution >= 4 is 39.2 Å². The van der Waals surface area contributed by atoms with Crippen molar-refractivity contribution < 1.29 is 22.7 Å². The lowest BCUT2D eigenvalue weighted by Crippen LogP contribution is -2.51. The predicted molar refractivity (Wildman–Crippen MR) is 108 cm³/mol. The number of hydrogen-bond donors (Lipinski definition) is 1. The van der Waals surface area contributed by atoms with Crippen LogP contribution in [0.2, 0.25) is 5.02 Å². The van der Waals surface area contributed by atoms with E-state index in [1.165, 1.54) is 39.5 Å². The molecule has 1 saturated heterocycles. The van der Waals surface area contributed by atoms with E-state index in [2.05, 4.69) is 0 Å². The number of halogens is 1. The Morgan fingerprint density at radius 2 is 1.69 bits per heavy atom. The summed E-state index contributed by atoms with van der Waals surface area (Å²) in [5.74, 6) is -1.08. The van der Waals surface area contributed by atoms with Crippen molar-refractivity contribution in [1.82, 2.24) is 9.21 Å². The number of sulfonamides is 1. The van der Waals surface area contributed by atoms with E-state index in [1.807, 2.05) is 0 Å². The normalized spacial score (nSPS) is 15.1. The van der Waals surface area contributed by atoms with Gasteiger partial charge in [0.25, 0.3) is 5.91 Å². The molecule has 2 N–H and O–H groups in total. The van der Waals surface area contributed by atoms with Crippen LogP contribution in [0.15, 0.2) is 53.4 Å². The number of benzene rings is 2. The number of amides is 1. The molecule has 10 heteroatoms. The van der Waals surface area contributed by atoms with Gasteiger partial charge in [-0.3, -0.25) is 4.79 Å². The van der Waals surface area contributed by atoms with Crippen molar-refractivity contribution in [3.05, 3.63) is 59.1 Å². The zero-order chi connectivity index (χ0) is 21.0. The van der Waals surface area contributed by atoms with Crippen LogP contribution in [0.1, 0.15) is 10.4 Å². The highest BCUT2D eigenvalue weighted by Crippen LogP contribution is 2.20. The molecule has 2 aromatic rings. The first-order chi connectivity index (χ1) is 13.8. The third-order valence-corrected chi connectivity index (χ3v) is 6.79. The maximum atomic E-state index is 12.6. The summed E-state index contributed by atoms with van der Waals surface area (Å²) in [6.45, 7) is 0.342. The molecule has 0 bridgehead atoms. The first-order valence-corrected chi connectivity index (χ1v) is 10.7. The number of piperazine rings is 1. The van der Waals surface area contributed by atoms with E-state index in [-0.39, 0.29) is 42.3 Å². The number of carbonyl (C=O) groups excluding carboxylic acids is 2. The molecule has 0 aromatic heterocycles. The van der Waals surface area contributed by atoms with E-state index < -0.39 is 28.5 Å². The number of ether oxygens (including phenoxy) is 1. The van der Waals surface area contributed by atoms with Gasteiger partial charge in [0.15, 0.2) is 6.61 Å². The van der Waals surface area contributed by atoms with Crippen LogP contribution in [0, 0.1) is 0 Å². The number of rotatable bonds is 5. The highest BCUT2D eigenvalue weighted by molar-refractivity contribution is 7.89. The molecule has 154 valence electrons. The van der Waals surface area contributed by atoms with Gasteiger partial charge in [0.2, 0.25) is 10.0 Å². The largest absolute Gasteiger partial charge is 0.452 e. The topological polar surface area (TPSA) is 110 Å². The summed E-state index contributed by atoms with van der Waals surface area (Å²) < 4.78 is 31.6. The number of nitrogens with two attached hydrogens (primary N) is 1. The fourth-order valence-corrected chi connectivity index (χ4v) is 4.45. The number of anilines is 1. The molecule has 1 heterocycles. The fraction of sp³-hybridized carbons (Fsp3) is 0.263. The minimum absolute atomic E-state index is 0.171. The Balaban J connectivity index is 1.52. The second-order valence-electron chi connectivity index (χ2n) is 6.41. The third-order valence-electron chi connectivity index (χ3n) is 4.53. The van der Waals surface area contributed by atoms with Crippen LogP contribution >= 0.6 is 11.6 Å². The molecule has 0 unspecified atom stereocenters. The summed E-state index contributed by atoms with van der Waals surface area (Å²) in [6.07, 6.45) is 0. The summed E-state index contributed by atoms with van der Waals surface area (Å²) in [5.41, 5.74) is 6.08. The Morgan fingerprint density at radius 1 is 1.03 bits per heavy atom. The molecule has 0 spiro atoms. The minimum atomic E-state index is -3.59. The molecule has 29 heavy (non-hydrogen) atoms. The summed E-state index contributed by atoms with van der Waals surface area (Å²) in [5, 5.41) is 0.320. The SMILES string of the molecule is Nc1cc(C(=O)OCC(=O)N2CCN(S(=O)(=O)c3ccccc3)CC2)ccc1Cl. The van der Waals surface area contributed by atoms with E-state index in [1.54, 1.807) is 18.2 Å². The average Bonchev–Trinajstić information content (AvgIpc) is 2.74. The number of hydrogen-bond acceptors (Lipinski definition) is 6. The van der Waals surface area contributed by atoms with E-state index in [9.17, 15) is 18.0 Å². The lowest BCUT2D eigenvalue weighted by atomic mass is 10.2. The number of esters is 1. The average molecular weight is 438 g/mol. The summed E-state index contributed by atoms with van der Waals surface area (Å²) >= 11 is 5.81. The van der Waals surface area contributed by atoms with Gasteiger partial charge in [0.1, 0.15) is 0 Å². The van der Waals surface area contributed by atoms with Crippen LogP contribution < -0.4 is 5.73 Å². The Bertz CT molecular complexity index is 1010. The third kappa shape index (κ3) is 4.87. The highest BCUT2D eigenvalue weighted by atomic mass is 35.5.